The van der Waals surface area contributed by atoms with Gasteiger partial charge in [0.1, 0.15) is 27.9 Å². The Balaban J connectivity index is 1.28. The Morgan fingerprint density at radius 3 is 2.53 bits per heavy atom. The Labute approximate surface area is 221 Å². The third-order valence-electron chi connectivity index (χ3n) is 5.77. The number of thiazole rings is 1. The van der Waals surface area contributed by atoms with Crippen LogP contribution in [0, 0.1) is 0 Å². The maximum absolute atomic E-state index is 12.8. The molecule has 0 fully saturated rings. The van der Waals surface area contributed by atoms with E-state index in [0.29, 0.717) is 45.8 Å². The smallest absolute Gasteiger partial charge is 0.263 e. The molecular formula is C25H25N7O5S. The zero-order chi connectivity index (χ0) is 26.5. The SMILES string of the molecule is COc1ccc(OCc2nn[nH]n2)cc1-c1cn2cc(C(=O)NCCc3c(OC)cccc3OC)sc2n1. The number of fused-ring (bicyclic) bond motifs is 1. The molecule has 0 spiro atoms. The van der Waals surface area contributed by atoms with E-state index in [1.54, 1.807) is 33.6 Å². The molecule has 3 heterocycles. The van der Waals surface area contributed by atoms with Gasteiger partial charge < -0.3 is 24.3 Å². The van der Waals surface area contributed by atoms with E-state index in [-0.39, 0.29) is 12.5 Å². The van der Waals surface area contributed by atoms with Crippen LogP contribution in [0.15, 0.2) is 48.8 Å². The van der Waals surface area contributed by atoms with Crippen molar-refractivity contribution in [2.24, 2.45) is 0 Å². The van der Waals surface area contributed by atoms with E-state index >= 15 is 0 Å². The molecule has 0 bridgehead atoms. The Hall–Kier alpha value is -4.65. The minimum atomic E-state index is -0.176. The number of imidazole rings is 1. The lowest BCUT2D eigenvalue weighted by Gasteiger charge is -2.13. The van der Waals surface area contributed by atoms with Crippen LogP contribution in [0.4, 0.5) is 0 Å². The standard InChI is InChI=1S/C25H25N7O5S/c1-34-19-5-4-6-20(35-2)16(19)9-10-26-24(33)22-13-32-12-18(27-25(32)38-22)17-11-15(7-8-21(17)36-3)37-14-23-28-30-31-29-23/h4-8,11-13H,9-10,14H2,1-3H3,(H,26,33)(H,28,29,30,31). The Morgan fingerprint density at radius 2 is 1.84 bits per heavy atom. The average molecular weight is 536 g/mol. The number of aromatic amines is 1. The molecule has 13 heteroatoms. The van der Waals surface area contributed by atoms with Crippen molar-refractivity contribution in [1.82, 2.24) is 35.3 Å². The molecule has 12 nitrogen and oxygen atoms in total. The number of hydrogen-bond acceptors (Lipinski definition) is 10. The Morgan fingerprint density at radius 1 is 1.05 bits per heavy atom. The van der Waals surface area contributed by atoms with E-state index in [2.05, 4.69) is 25.9 Å². The number of hydrogen-bond donors (Lipinski definition) is 2. The lowest BCUT2D eigenvalue weighted by Crippen LogP contribution is -2.25. The number of nitrogens with one attached hydrogen (secondary N) is 2. The summed E-state index contributed by atoms with van der Waals surface area (Å²) in [6.45, 7) is 0.595. The zero-order valence-electron chi connectivity index (χ0n) is 20.9. The van der Waals surface area contributed by atoms with Crippen LogP contribution in [0.3, 0.4) is 0 Å². The fourth-order valence-corrected chi connectivity index (χ4v) is 4.84. The first-order chi connectivity index (χ1) is 18.6. The number of methoxy groups -OCH3 is 3. The van der Waals surface area contributed by atoms with E-state index in [4.69, 9.17) is 23.9 Å². The quantitative estimate of drug-likeness (QED) is 0.261. The van der Waals surface area contributed by atoms with Crippen molar-refractivity contribution >= 4 is 22.2 Å². The molecule has 0 radical (unpaired) electrons. The molecule has 0 atom stereocenters. The van der Waals surface area contributed by atoms with Gasteiger partial charge in [0, 0.05) is 30.1 Å². The van der Waals surface area contributed by atoms with Gasteiger partial charge in [-0.2, -0.15) is 5.21 Å². The van der Waals surface area contributed by atoms with Gasteiger partial charge in [0.25, 0.3) is 5.91 Å². The van der Waals surface area contributed by atoms with Crippen molar-refractivity contribution in [1.29, 1.82) is 0 Å². The van der Waals surface area contributed by atoms with Crippen LogP contribution in [0.1, 0.15) is 21.1 Å². The van der Waals surface area contributed by atoms with Crippen LogP contribution in [0.5, 0.6) is 23.0 Å². The topological polar surface area (TPSA) is 138 Å². The largest absolute Gasteiger partial charge is 0.496 e. The second-order valence-electron chi connectivity index (χ2n) is 8.04. The minimum absolute atomic E-state index is 0.169. The first kappa shape index (κ1) is 25.0. The Bertz CT molecular complexity index is 1490. The molecule has 2 N–H and O–H groups in total. The van der Waals surface area contributed by atoms with Crippen molar-refractivity contribution in [3.63, 3.8) is 0 Å². The summed E-state index contributed by atoms with van der Waals surface area (Å²) in [7, 11) is 4.82. The average Bonchev–Trinajstić information content (AvgIpc) is 3.69. The molecule has 0 saturated carbocycles. The van der Waals surface area contributed by atoms with Gasteiger partial charge in [-0.3, -0.25) is 9.20 Å². The lowest BCUT2D eigenvalue weighted by atomic mass is 10.1. The third kappa shape index (κ3) is 5.22. The molecule has 2 aromatic carbocycles. The molecule has 3 aromatic heterocycles. The Kier molecular flexibility index (Phi) is 7.35. The van der Waals surface area contributed by atoms with Gasteiger partial charge in [-0.25, -0.2) is 4.98 Å². The molecule has 0 aliphatic rings. The van der Waals surface area contributed by atoms with Crippen molar-refractivity contribution in [2.45, 2.75) is 13.0 Å². The second kappa shape index (κ2) is 11.2. The number of aromatic nitrogens is 6. The summed E-state index contributed by atoms with van der Waals surface area (Å²) < 4.78 is 24.0. The maximum Gasteiger partial charge on any atom is 0.263 e. The number of tetrazole rings is 1. The summed E-state index contributed by atoms with van der Waals surface area (Å²) in [6.07, 6.45) is 4.18. The molecule has 0 aliphatic carbocycles. The number of H-pyrrole nitrogens is 1. The third-order valence-corrected chi connectivity index (χ3v) is 6.77. The van der Waals surface area contributed by atoms with Crippen molar-refractivity contribution < 1.29 is 23.7 Å². The second-order valence-corrected chi connectivity index (χ2v) is 9.05. The molecule has 0 unspecified atom stereocenters. The van der Waals surface area contributed by atoms with Gasteiger partial charge in [-0.05, 0) is 36.8 Å². The predicted molar refractivity (Wildman–Crippen MR) is 139 cm³/mol. The molecule has 1 amide bonds. The highest BCUT2D eigenvalue weighted by Crippen LogP contribution is 2.34. The summed E-state index contributed by atoms with van der Waals surface area (Å²) in [5.41, 5.74) is 2.35. The van der Waals surface area contributed by atoms with E-state index in [9.17, 15) is 4.79 Å². The van der Waals surface area contributed by atoms with Crippen molar-refractivity contribution in [3.05, 3.63) is 65.1 Å². The molecule has 196 valence electrons. The number of benzene rings is 2. The molecule has 0 aliphatic heterocycles. The van der Waals surface area contributed by atoms with E-state index in [1.807, 2.05) is 40.9 Å². The molecule has 5 rings (SSSR count). The highest BCUT2D eigenvalue weighted by atomic mass is 32.1. The van der Waals surface area contributed by atoms with Gasteiger partial charge in [-0.15, -0.1) is 10.2 Å². The number of ether oxygens (including phenoxy) is 4. The van der Waals surface area contributed by atoms with Crippen LogP contribution < -0.4 is 24.3 Å². The van der Waals surface area contributed by atoms with Gasteiger partial charge in [0.2, 0.25) is 5.82 Å². The van der Waals surface area contributed by atoms with Crippen molar-refractivity contribution in [3.8, 4) is 34.3 Å². The number of rotatable bonds is 11. The fourth-order valence-electron chi connectivity index (χ4n) is 3.96. The summed E-state index contributed by atoms with van der Waals surface area (Å²) in [4.78, 5) is 18.8. The van der Waals surface area contributed by atoms with E-state index < -0.39 is 0 Å². The number of carbonyl (C=O) groups is 1. The number of nitrogens with zero attached hydrogens (tertiary/aromatic N) is 5. The van der Waals surface area contributed by atoms with Crippen molar-refractivity contribution in [2.75, 3.05) is 27.9 Å². The lowest BCUT2D eigenvalue weighted by molar-refractivity contribution is 0.0957. The van der Waals surface area contributed by atoms with Crippen LogP contribution in [-0.4, -0.2) is 63.8 Å². The first-order valence-corrected chi connectivity index (χ1v) is 12.4. The van der Waals surface area contributed by atoms with Gasteiger partial charge >= 0.3 is 0 Å². The predicted octanol–water partition coefficient (Wildman–Crippen LogP) is 3.15. The van der Waals surface area contributed by atoms with Crippen LogP contribution in [0.25, 0.3) is 16.2 Å². The normalized spacial score (nSPS) is 10.9. The van der Waals surface area contributed by atoms with Gasteiger partial charge in [0.05, 0.1) is 27.0 Å². The summed E-state index contributed by atoms with van der Waals surface area (Å²) in [5, 5.41) is 16.6. The first-order valence-electron chi connectivity index (χ1n) is 11.6. The number of carbonyl (C=O) groups excluding carboxylic acids is 1. The van der Waals surface area contributed by atoms with Gasteiger partial charge in [0.15, 0.2) is 11.6 Å². The summed E-state index contributed by atoms with van der Waals surface area (Å²) in [5.74, 6) is 2.96. The molecule has 38 heavy (non-hydrogen) atoms. The number of amides is 1. The van der Waals surface area contributed by atoms with E-state index in [0.717, 1.165) is 22.6 Å². The molecular weight excluding hydrogens is 510 g/mol. The van der Waals surface area contributed by atoms with E-state index in [1.165, 1.54) is 11.3 Å². The monoisotopic (exact) mass is 535 g/mol. The summed E-state index contributed by atoms with van der Waals surface area (Å²) in [6, 6.07) is 11.1. The minimum Gasteiger partial charge on any atom is -0.496 e. The van der Waals surface area contributed by atoms with Crippen LogP contribution >= 0.6 is 11.3 Å². The zero-order valence-corrected chi connectivity index (χ0v) is 21.7. The maximum atomic E-state index is 12.8. The highest BCUT2D eigenvalue weighted by Gasteiger charge is 2.17. The van der Waals surface area contributed by atoms with Crippen LogP contribution in [-0.2, 0) is 13.0 Å². The van der Waals surface area contributed by atoms with Gasteiger partial charge in [-0.1, -0.05) is 22.6 Å². The molecule has 0 saturated heterocycles. The highest BCUT2D eigenvalue weighted by molar-refractivity contribution is 7.18. The summed E-state index contributed by atoms with van der Waals surface area (Å²) >= 11 is 1.30. The molecule has 5 aromatic rings. The fraction of sp³-hybridized carbons (Fsp3) is 0.240. The van der Waals surface area contributed by atoms with Crippen LogP contribution in [0.2, 0.25) is 0 Å².